The quantitative estimate of drug-likeness (QED) is 0.745. The third-order valence-corrected chi connectivity index (χ3v) is 3.80. The molecule has 0 aliphatic heterocycles. The lowest BCUT2D eigenvalue weighted by Gasteiger charge is -2.10. The first-order valence-corrected chi connectivity index (χ1v) is 7.32. The van der Waals surface area contributed by atoms with E-state index in [4.69, 9.17) is 0 Å². The van der Waals surface area contributed by atoms with Gasteiger partial charge in [-0.3, -0.25) is 4.79 Å². The summed E-state index contributed by atoms with van der Waals surface area (Å²) in [6.07, 6.45) is 0.577. The van der Waals surface area contributed by atoms with Crippen molar-refractivity contribution in [3.8, 4) is 0 Å². The van der Waals surface area contributed by atoms with Crippen molar-refractivity contribution in [2.45, 2.75) is 31.2 Å². The lowest BCUT2D eigenvalue weighted by Crippen LogP contribution is -2.22. The summed E-state index contributed by atoms with van der Waals surface area (Å²) < 4.78 is 0. The van der Waals surface area contributed by atoms with Gasteiger partial charge >= 0.3 is 0 Å². The van der Waals surface area contributed by atoms with Crippen LogP contribution < -0.4 is 10.6 Å². The number of carbonyl (C=O) groups is 1. The summed E-state index contributed by atoms with van der Waals surface area (Å²) >= 11 is 1.72. The first kappa shape index (κ1) is 15.1. The summed E-state index contributed by atoms with van der Waals surface area (Å²) in [6.45, 7) is 4.78. The molecule has 0 radical (unpaired) electrons. The van der Waals surface area contributed by atoms with Gasteiger partial charge in [-0.25, -0.2) is 0 Å². The van der Waals surface area contributed by atoms with E-state index in [1.165, 1.54) is 10.5 Å². The van der Waals surface area contributed by atoms with E-state index in [0.29, 0.717) is 19.0 Å². The van der Waals surface area contributed by atoms with Gasteiger partial charge < -0.3 is 10.6 Å². The van der Waals surface area contributed by atoms with Crippen LogP contribution in [0.1, 0.15) is 31.9 Å². The van der Waals surface area contributed by atoms with E-state index in [1.807, 2.05) is 14.0 Å². The van der Waals surface area contributed by atoms with Gasteiger partial charge in [0.2, 0.25) is 5.91 Å². The Morgan fingerprint density at radius 1 is 1.33 bits per heavy atom. The predicted octanol–water partition coefficient (Wildman–Crippen LogP) is 2.59. The molecule has 1 aromatic rings. The number of hydrogen-bond donors (Lipinski definition) is 2. The smallest absolute Gasteiger partial charge is 0.220 e. The number of thioether (sulfide) groups is 1. The molecule has 1 atom stereocenters. The molecule has 1 amide bonds. The molecule has 2 N–H and O–H groups in total. The average Bonchev–Trinajstić information content (AvgIpc) is 2.39. The van der Waals surface area contributed by atoms with Gasteiger partial charge in [-0.05, 0) is 38.6 Å². The lowest BCUT2D eigenvalue weighted by atomic mass is 10.1. The van der Waals surface area contributed by atoms with Crippen LogP contribution in [0.4, 0.5) is 0 Å². The zero-order chi connectivity index (χ0) is 13.4. The summed E-state index contributed by atoms with van der Waals surface area (Å²) in [5.41, 5.74) is 1.28. The van der Waals surface area contributed by atoms with Crippen molar-refractivity contribution >= 4 is 17.7 Å². The minimum Gasteiger partial charge on any atom is -0.356 e. The number of benzene rings is 1. The van der Waals surface area contributed by atoms with Crippen molar-refractivity contribution < 1.29 is 4.79 Å². The van der Waals surface area contributed by atoms with Crippen molar-refractivity contribution in [3.63, 3.8) is 0 Å². The van der Waals surface area contributed by atoms with Crippen LogP contribution in [-0.2, 0) is 4.79 Å². The van der Waals surface area contributed by atoms with E-state index in [-0.39, 0.29) is 5.91 Å². The van der Waals surface area contributed by atoms with Crippen LogP contribution in [0.3, 0.4) is 0 Å². The Morgan fingerprint density at radius 2 is 2.00 bits per heavy atom. The van der Waals surface area contributed by atoms with Crippen molar-refractivity contribution in [2.24, 2.45) is 0 Å². The molecular formula is C14H22N2OS. The van der Waals surface area contributed by atoms with Gasteiger partial charge in [0.05, 0.1) is 0 Å². The SMILES string of the molecule is CCNC(=O)CCSc1ccc(C(C)NC)cc1. The number of amides is 1. The fourth-order valence-electron chi connectivity index (χ4n) is 1.57. The molecule has 0 aromatic heterocycles. The number of nitrogens with one attached hydrogen (secondary N) is 2. The molecule has 100 valence electrons. The van der Waals surface area contributed by atoms with Crippen molar-refractivity contribution in [3.05, 3.63) is 29.8 Å². The maximum absolute atomic E-state index is 11.3. The van der Waals surface area contributed by atoms with Crippen LogP contribution in [0, 0.1) is 0 Å². The molecule has 3 nitrogen and oxygen atoms in total. The lowest BCUT2D eigenvalue weighted by molar-refractivity contribution is -0.120. The van der Waals surface area contributed by atoms with Crippen LogP contribution >= 0.6 is 11.8 Å². The summed E-state index contributed by atoms with van der Waals surface area (Å²) in [4.78, 5) is 12.5. The van der Waals surface area contributed by atoms with Crippen LogP contribution in [0.5, 0.6) is 0 Å². The average molecular weight is 266 g/mol. The third kappa shape index (κ3) is 5.10. The highest BCUT2D eigenvalue weighted by Crippen LogP contribution is 2.21. The monoisotopic (exact) mass is 266 g/mol. The molecule has 0 saturated heterocycles. The van der Waals surface area contributed by atoms with E-state index in [1.54, 1.807) is 11.8 Å². The Labute approximate surface area is 114 Å². The van der Waals surface area contributed by atoms with Gasteiger partial charge in [0.25, 0.3) is 0 Å². The van der Waals surface area contributed by atoms with Gasteiger partial charge in [-0.15, -0.1) is 11.8 Å². The van der Waals surface area contributed by atoms with Crippen LogP contribution in [0.2, 0.25) is 0 Å². The first-order valence-electron chi connectivity index (χ1n) is 6.34. The Balaban J connectivity index is 2.37. The number of rotatable bonds is 7. The van der Waals surface area contributed by atoms with Crippen LogP contribution in [-0.4, -0.2) is 25.3 Å². The molecule has 1 aromatic carbocycles. The number of carbonyl (C=O) groups excluding carboxylic acids is 1. The second-order valence-corrected chi connectivity index (χ2v) is 5.30. The van der Waals surface area contributed by atoms with E-state index in [9.17, 15) is 4.79 Å². The van der Waals surface area contributed by atoms with E-state index < -0.39 is 0 Å². The maximum atomic E-state index is 11.3. The van der Waals surface area contributed by atoms with Gasteiger partial charge in [0, 0.05) is 29.7 Å². The van der Waals surface area contributed by atoms with Gasteiger partial charge in [0.1, 0.15) is 0 Å². The molecule has 1 rings (SSSR count). The van der Waals surface area contributed by atoms with Crippen molar-refractivity contribution in [1.82, 2.24) is 10.6 Å². The van der Waals surface area contributed by atoms with Crippen molar-refractivity contribution in [2.75, 3.05) is 19.3 Å². The zero-order valence-electron chi connectivity index (χ0n) is 11.3. The molecular weight excluding hydrogens is 244 g/mol. The summed E-state index contributed by atoms with van der Waals surface area (Å²) in [5.74, 6) is 0.956. The van der Waals surface area contributed by atoms with Gasteiger partial charge in [-0.1, -0.05) is 12.1 Å². The highest BCUT2D eigenvalue weighted by atomic mass is 32.2. The Hall–Kier alpha value is -1.00. The number of hydrogen-bond acceptors (Lipinski definition) is 3. The second-order valence-electron chi connectivity index (χ2n) is 4.13. The minimum absolute atomic E-state index is 0.130. The highest BCUT2D eigenvalue weighted by Gasteiger charge is 2.03. The fourth-order valence-corrected chi connectivity index (χ4v) is 2.42. The molecule has 1 unspecified atom stereocenters. The molecule has 0 aliphatic rings. The predicted molar refractivity (Wildman–Crippen MR) is 77.9 cm³/mol. The summed E-state index contributed by atoms with van der Waals surface area (Å²) in [6, 6.07) is 8.88. The van der Waals surface area contributed by atoms with E-state index in [0.717, 1.165) is 5.75 Å². The molecule has 0 heterocycles. The van der Waals surface area contributed by atoms with Gasteiger partial charge in [-0.2, -0.15) is 0 Å². The molecule has 0 fully saturated rings. The largest absolute Gasteiger partial charge is 0.356 e. The van der Waals surface area contributed by atoms with Crippen LogP contribution in [0.15, 0.2) is 29.2 Å². The third-order valence-electron chi connectivity index (χ3n) is 2.78. The molecule has 4 heteroatoms. The van der Waals surface area contributed by atoms with Crippen LogP contribution in [0.25, 0.3) is 0 Å². The topological polar surface area (TPSA) is 41.1 Å². The molecule has 0 bridgehead atoms. The van der Waals surface area contributed by atoms with Crippen molar-refractivity contribution in [1.29, 1.82) is 0 Å². The Bertz CT molecular complexity index is 365. The molecule has 0 aliphatic carbocycles. The highest BCUT2D eigenvalue weighted by molar-refractivity contribution is 7.99. The Morgan fingerprint density at radius 3 is 2.56 bits per heavy atom. The summed E-state index contributed by atoms with van der Waals surface area (Å²) in [5, 5.41) is 6.02. The zero-order valence-corrected chi connectivity index (χ0v) is 12.1. The van der Waals surface area contributed by atoms with E-state index in [2.05, 4.69) is 41.8 Å². The molecule has 18 heavy (non-hydrogen) atoms. The second kappa shape index (κ2) is 8.16. The first-order chi connectivity index (χ1) is 8.67. The van der Waals surface area contributed by atoms with Gasteiger partial charge in [0.15, 0.2) is 0 Å². The standard InChI is InChI=1S/C14H22N2OS/c1-4-16-14(17)9-10-18-13-7-5-12(6-8-13)11(2)15-3/h5-8,11,15H,4,9-10H2,1-3H3,(H,16,17). The fraction of sp³-hybridized carbons (Fsp3) is 0.500. The molecule has 0 saturated carbocycles. The van der Waals surface area contributed by atoms with E-state index >= 15 is 0 Å². The Kier molecular flexibility index (Phi) is 6.83. The minimum atomic E-state index is 0.130. The molecule has 0 spiro atoms. The maximum Gasteiger partial charge on any atom is 0.220 e. The normalized spacial score (nSPS) is 12.2. The summed E-state index contributed by atoms with van der Waals surface area (Å²) in [7, 11) is 1.96.